The highest BCUT2D eigenvalue weighted by atomic mass is 19.3. The fourth-order valence-electron chi connectivity index (χ4n) is 1.90. The summed E-state index contributed by atoms with van der Waals surface area (Å²) in [5.41, 5.74) is 0. The van der Waals surface area contributed by atoms with Crippen molar-refractivity contribution in [2.75, 3.05) is 33.2 Å². The van der Waals surface area contributed by atoms with E-state index in [4.69, 9.17) is 0 Å². The Morgan fingerprint density at radius 3 is 2.86 bits per heavy atom. The Hall–Kier alpha value is -0.220. The standard InChI is InChI=1S/C10H20F2N2/c1-14(8-10(11)12)6-4-9-3-2-5-13-7-9/h9-10,13H,2-8H2,1H3. The molecule has 0 aromatic heterocycles. The first-order chi connectivity index (χ1) is 6.68. The fourth-order valence-corrected chi connectivity index (χ4v) is 1.90. The molecular formula is C10H20F2N2. The van der Waals surface area contributed by atoms with E-state index in [2.05, 4.69) is 5.32 Å². The summed E-state index contributed by atoms with van der Waals surface area (Å²) < 4.78 is 24.0. The van der Waals surface area contributed by atoms with E-state index in [0.29, 0.717) is 5.92 Å². The summed E-state index contributed by atoms with van der Waals surface area (Å²) >= 11 is 0. The summed E-state index contributed by atoms with van der Waals surface area (Å²) in [6, 6.07) is 0. The molecule has 0 saturated carbocycles. The largest absolute Gasteiger partial charge is 0.316 e. The maximum absolute atomic E-state index is 12.0. The van der Waals surface area contributed by atoms with E-state index in [-0.39, 0.29) is 6.54 Å². The van der Waals surface area contributed by atoms with E-state index in [9.17, 15) is 8.78 Å². The van der Waals surface area contributed by atoms with Crippen LogP contribution >= 0.6 is 0 Å². The van der Waals surface area contributed by atoms with Crippen LogP contribution in [0.2, 0.25) is 0 Å². The van der Waals surface area contributed by atoms with Gasteiger partial charge in [0.1, 0.15) is 0 Å². The normalized spacial score (nSPS) is 23.4. The van der Waals surface area contributed by atoms with Gasteiger partial charge in [-0.2, -0.15) is 0 Å². The number of halogens is 2. The predicted octanol–water partition coefficient (Wildman–Crippen LogP) is 1.57. The Morgan fingerprint density at radius 1 is 1.50 bits per heavy atom. The summed E-state index contributed by atoms with van der Waals surface area (Å²) in [7, 11) is 1.77. The molecule has 1 fully saturated rings. The van der Waals surface area contributed by atoms with Gasteiger partial charge in [0.15, 0.2) is 0 Å². The molecule has 1 unspecified atom stereocenters. The van der Waals surface area contributed by atoms with E-state index < -0.39 is 6.43 Å². The molecule has 0 aromatic rings. The van der Waals surface area contributed by atoms with Crippen LogP contribution in [-0.4, -0.2) is 44.6 Å². The van der Waals surface area contributed by atoms with Gasteiger partial charge in [0.05, 0.1) is 6.54 Å². The number of rotatable bonds is 5. The molecule has 0 aromatic carbocycles. The van der Waals surface area contributed by atoms with E-state index in [0.717, 1.165) is 26.1 Å². The number of nitrogens with zero attached hydrogens (tertiary/aromatic N) is 1. The van der Waals surface area contributed by atoms with E-state index in [1.807, 2.05) is 0 Å². The lowest BCUT2D eigenvalue weighted by molar-refractivity contribution is 0.0969. The second-order valence-electron chi connectivity index (χ2n) is 4.15. The van der Waals surface area contributed by atoms with Crippen molar-refractivity contribution in [1.82, 2.24) is 10.2 Å². The summed E-state index contributed by atoms with van der Waals surface area (Å²) in [4.78, 5) is 1.72. The van der Waals surface area contributed by atoms with Crippen LogP contribution in [0.5, 0.6) is 0 Å². The van der Waals surface area contributed by atoms with Gasteiger partial charge in [0.25, 0.3) is 6.43 Å². The van der Waals surface area contributed by atoms with Crippen molar-refractivity contribution in [3.63, 3.8) is 0 Å². The number of alkyl halides is 2. The monoisotopic (exact) mass is 206 g/mol. The molecule has 1 aliphatic heterocycles. The number of hydrogen-bond donors (Lipinski definition) is 1. The first-order valence-electron chi connectivity index (χ1n) is 5.36. The minimum Gasteiger partial charge on any atom is -0.316 e. The quantitative estimate of drug-likeness (QED) is 0.734. The van der Waals surface area contributed by atoms with E-state index >= 15 is 0 Å². The van der Waals surface area contributed by atoms with Crippen LogP contribution in [0.15, 0.2) is 0 Å². The highest BCUT2D eigenvalue weighted by Gasteiger charge is 2.14. The first kappa shape index (κ1) is 11.9. The van der Waals surface area contributed by atoms with Gasteiger partial charge in [0, 0.05) is 0 Å². The lowest BCUT2D eigenvalue weighted by Crippen LogP contribution is -2.33. The van der Waals surface area contributed by atoms with Gasteiger partial charge in [-0.25, -0.2) is 8.78 Å². The average Bonchev–Trinajstić information content (AvgIpc) is 2.15. The summed E-state index contributed by atoms with van der Waals surface area (Å²) in [6.07, 6.45) is 1.30. The molecule has 1 atom stereocenters. The van der Waals surface area contributed by atoms with Gasteiger partial charge < -0.3 is 10.2 Å². The third kappa shape index (κ3) is 4.86. The molecule has 4 heteroatoms. The lowest BCUT2D eigenvalue weighted by atomic mass is 9.96. The van der Waals surface area contributed by atoms with Crippen LogP contribution < -0.4 is 5.32 Å². The van der Waals surface area contributed by atoms with Crippen LogP contribution in [0.4, 0.5) is 8.78 Å². The first-order valence-corrected chi connectivity index (χ1v) is 5.36. The molecule has 0 radical (unpaired) electrons. The molecule has 14 heavy (non-hydrogen) atoms. The average molecular weight is 206 g/mol. The number of hydrogen-bond acceptors (Lipinski definition) is 2. The summed E-state index contributed by atoms with van der Waals surface area (Å²) in [5.74, 6) is 0.684. The molecule has 0 amide bonds. The van der Waals surface area contributed by atoms with Crippen LogP contribution in [0, 0.1) is 5.92 Å². The maximum Gasteiger partial charge on any atom is 0.251 e. The van der Waals surface area contributed by atoms with Gasteiger partial charge >= 0.3 is 0 Å². The summed E-state index contributed by atoms with van der Waals surface area (Å²) in [5, 5.41) is 3.33. The third-order valence-electron chi connectivity index (χ3n) is 2.77. The molecule has 84 valence electrons. The lowest BCUT2D eigenvalue weighted by Gasteiger charge is -2.25. The second-order valence-corrected chi connectivity index (χ2v) is 4.15. The Balaban J connectivity index is 2.06. The molecule has 2 nitrogen and oxygen atoms in total. The van der Waals surface area contributed by atoms with Crippen molar-refractivity contribution in [3.8, 4) is 0 Å². The van der Waals surface area contributed by atoms with Crippen LogP contribution in [0.25, 0.3) is 0 Å². The third-order valence-corrected chi connectivity index (χ3v) is 2.77. The van der Waals surface area contributed by atoms with E-state index in [1.54, 1.807) is 11.9 Å². The predicted molar refractivity (Wildman–Crippen MR) is 53.7 cm³/mol. The molecule has 1 saturated heterocycles. The second kappa shape index (κ2) is 6.30. The Morgan fingerprint density at radius 2 is 2.29 bits per heavy atom. The Bertz CT molecular complexity index is 147. The zero-order valence-electron chi connectivity index (χ0n) is 8.81. The summed E-state index contributed by atoms with van der Waals surface area (Å²) in [6.45, 7) is 2.86. The molecular weight excluding hydrogens is 186 g/mol. The topological polar surface area (TPSA) is 15.3 Å². The van der Waals surface area contributed by atoms with Gasteiger partial charge in [-0.3, -0.25) is 0 Å². The van der Waals surface area contributed by atoms with Crippen molar-refractivity contribution in [1.29, 1.82) is 0 Å². The van der Waals surface area contributed by atoms with Crippen molar-refractivity contribution in [3.05, 3.63) is 0 Å². The van der Waals surface area contributed by atoms with Gasteiger partial charge in [0.2, 0.25) is 0 Å². The van der Waals surface area contributed by atoms with Gasteiger partial charge in [-0.05, 0) is 51.9 Å². The minimum absolute atomic E-state index is 0.0971. The highest BCUT2D eigenvalue weighted by Crippen LogP contribution is 2.14. The Labute approximate surface area is 84.7 Å². The van der Waals surface area contributed by atoms with Gasteiger partial charge in [-0.15, -0.1) is 0 Å². The number of nitrogens with one attached hydrogen (secondary N) is 1. The van der Waals surface area contributed by atoms with Crippen LogP contribution in [-0.2, 0) is 0 Å². The fraction of sp³-hybridized carbons (Fsp3) is 1.00. The molecule has 0 bridgehead atoms. The maximum atomic E-state index is 12.0. The van der Waals surface area contributed by atoms with Crippen molar-refractivity contribution < 1.29 is 8.78 Å². The number of piperidine rings is 1. The zero-order chi connectivity index (χ0) is 10.4. The molecule has 1 aliphatic rings. The minimum atomic E-state index is -2.20. The van der Waals surface area contributed by atoms with Crippen molar-refractivity contribution >= 4 is 0 Å². The molecule has 0 spiro atoms. The molecule has 1 heterocycles. The van der Waals surface area contributed by atoms with Crippen LogP contribution in [0.3, 0.4) is 0 Å². The SMILES string of the molecule is CN(CCC1CCCNC1)CC(F)F. The van der Waals surface area contributed by atoms with Gasteiger partial charge in [-0.1, -0.05) is 0 Å². The van der Waals surface area contributed by atoms with Crippen LogP contribution in [0.1, 0.15) is 19.3 Å². The molecule has 0 aliphatic carbocycles. The highest BCUT2D eigenvalue weighted by molar-refractivity contribution is 4.70. The zero-order valence-corrected chi connectivity index (χ0v) is 8.81. The molecule has 1 rings (SSSR count). The Kier molecular flexibility index (Phi) is 5.33. The van der Waals surface area contributed by atoms with Crippen molar-refractivity contribution in [2.45, 2.75) is 25.7 Å². The van der Waals surface area contributed by atoms with Crippen molar-refractivity contribution in [2.24, 2.45) is 5.92 Å². The van der Waals surface area contributed by atoms with E-state index in [1.165, 1.54) is 12.8 Å². The molecule has 1 N–H and O–H groups in total. The smallest absolute Gasteiger partial charge is 0.251 e.